The number of nitrogens with zero attached hydrogens (tertiary/aromatic N) is 1. The Labute approximate surface area is 271 Å². The summed E-state index contributed by atoms with van der Waals surface area (Å²) in [6, 6.07) is 5.49. The number of thiazole rings is 1. The molecule has 0 saturated carbocycles. The smallest absolute Gasteiger partial charge is 0.350 e. The summed E-state index contributed by atoms with van der Waals surface area (Å²) in [5, 5.41) is 9.15. The Morgan fingerprint density at radius 1 is 1.07 bits per heavy atom. The fourth-order valence-electron chi connectivity index (χ4n) is 5.55. The second-order valence-electron chi connectivity index (χ2n) is 11.1. The molecule has 0 bridgehead atoms. The molecule has 1 heterocycles. The zero-order chi connectivity index (χ0) is 33.7. The van der Waals surface area contributed by atoms with Crippen LogP contribution in [0.25, 0.3) is 11.1 Å². The number of esters is 1. The molecular weight excluding hydrogens is 612 g/mol. The minimum atomic E-state index is -0.831. The lowest BCUT2D eigenvalue weighted by Gasteiger charge is -2.21. The lowest BCUT2D eigenvalue weighted by atomic mass is 9.95. The number of anilines is 2. The van der Waals surface area contributed by atoms with Crippen LogP contribution in [-0.2, 0) is 20.7 Å². The van der Waals surface area contributed by atoms with E-state index in [1.54, 1.807) is 33.1 Å². The molecule has 4 rings (SSSR count). The van der Waals surface area contributed by atoms with E-state index in [2.05, 4.69) is 20.9 Å². The van der Waals surface area contributed by atoms with Gasteiger partial charge in [-0.3, -0.25) is 14.4 Å². The fraction of sp³-hybridized carbons (Fsp3) is 0.424. The van der Waals surface area contributed by atoms with Crippen molar-refractivity contribution in [1.82, 2.24) is 10.3 Å². The van der Waals surface area contributed by atoms with E-state index < -0.39 is 24.0 Å². The Bertz CT molecular complexity index is 1700. The average Bonchev–Trinajstić information content (AvgIpc) is 3.21. The number of aromatic nitrogens is 1. The zero-order valence-corrected chi connectivity index (χ0v) is 28.1. The maximum absolute atomic E-state index is 13.8. The number of hydrogen-bond acceptors (Lipinski definition) is 11. The van der Waals surface area contributed by atoms with Crippen LogP contribution in [0.4, 0.5) is 10.8 Å². The van der Waals surface area contributed by atoms with Crippen LogP contribution in [0.3, 0.4) is 0 Å². The van der Waals surface area contributed by atoms with Gasteiger partial charge in [0.05, 0.1) is 45.4 Å². The van der Waals surface area contributed by atoms with Crippen LogP contribution in [0.5, 0.6) is 17.2 Å². The minimum Gasteiger partial charge on any atom is -0.493 e. The second-order valence-corrected chi connectivity index (χ2v) is 12.1. The van der Waals surface area contributed by atoms with Crippen molar-refractivity contribution < 1.29 is 33.3 Å². The Morgan fingerprint density at radius 2 is 1.78 bits per heavy atom. The van der Waals surface area contributed by atoms with Crippen molar-refractivity contribution in [2.45, 2.75) is 59.5 Å². The molecule has 0 saturated heterocycles. The standard InChI is InChI=1S/C33H40N4O8S/c1-9-45-32(41)30-17(4)34-33(46-30)37-31(40)27(16(2)3)36-23-13-11-20-21(15-24(23)39)22(35-18(5)38)12-10-19-14-25(42-6)28(43-7)29(44-8)26(19)20/h11,13-16,22,27H,9-10,12H2,1-8H3,(H,35,38)(H,36,39)(H,34,37,40). The summed E-state index contributed by atoms with van der Waals surface area (Å²) in [5.41, 5.74) is 3.17. The van der Waals surface area contributed by atoms with Crippen molar-refractivity contribution in [2.24, 2.45) is 5.92 Å². The van der Waals surface area contributed by atoms with E-state index in [0.29, 0.717) is 51.8 Å². The minimum absolute atomic E-state index is 0.187. The summed E-state index contributed by atoms with van der Waals surface area (Å²) >= 11 is 1.03. The van der Waals surface area contributed by atoms with Crippen molar-refractivity contribution in [3.05, 3.63) is 56.2 Å². The third-order valence-electron chi connectivity index (χ3n) is 7.66. The van der Waals surface area contributed by atoms with Crippen molar-refractivity contribution in [3.8, 4) is 28.4 Å². The number of carbonyl (C=O) groups is 3. The highest BCUT2D eigenvalue weighted by Crippen LogP contribution is 2.50. The summed E-state index contributed by atoms with van der Waals surface area (Å²) in [6.07, 6.45) is 1.08. The quantitative estimate of drug-likeness (QED) is 0.244. The summed E-state index contributed by atoms with van der Waals surface area (Å²) in [7, 11) is 4.61. The van der Waals surface area contributed by atoms with Crippen LogP contribution < -0.4 is 35.6 Å². The van der Waals surface area contributed by atoms with Crippen LogP contribution in [-0.4, -0.2) is 56.7 Å². The molecule has 1 aliphatic carbocycles. The molecule has 1 aliphatic rings. The van der Waals surface area contributed by atoms with Gasteiger partial charge in [0.1, 0.15) is 10.9 Å². The van der Waals surface area contributed by atoms with Gasteiger partial charge in [-0.25, -0.2) is 9.78 Å². The molecular formula is C33H40N4O8S. The monoisotopic (exact) mass is 652 g/mol. The van der Waals surface area contributed by atoms with Gasteiger partial charge in [0.25, 0.3) is 0 Å². The maximum Gasteiger partial charge on any atom is 0.350 e. The van der Waals surface area contributed by atoms with Crippen molar-refractivity contribution in [1.29, 1.82) is 0 Å². The number of benzene rings is 1. The van der Waals surface area contributed by atoms with Crippen LogP contribution in [0.15, 0.2) is 29.1 Å². The van der Waals surface area contributed by atoms with E-state index in [9.17, 15) is 19.2 Å². The number of hydrogen-bond donors (Lipinski definition) is 3. The molecule has 0 aliphatic heterocycles. The predicted octanol–water partition coefficient (Wildman–Crippen LogP) is 4.88. The van der Waals surface area contributed by atoms with E-state index >= 15 is 0 Å². The first-order valence-electron chi connectivity index (χ1n) is 14.9. The third-order valence-corrected chi connectivity index (χ3v) is 8.72. The van der Waals surface area contributed by atoms with Crippen molar-refractivity contribution in [3.63, 3.8) is 0 Å². The van der Waals surface area contributed by atoms with E-state index in [-0.39, 0.29) is 34.7 Å². The summed E-state index contributed by atoms with van der Waals surface area (Å²) in [6.45, 7) is 8.74. The molecule has 0 spiro atoms. The highest BCUT2D eigenvalue weighted by atomic mass is 32.1. The Hall–Kier alpha value is -4.65. The fourth-order valence-corrected chi connectivity index (χ4v) is 6.41. The SMILES string of the molecule is CCOC(=O)c1sc(NC(=O)C(Nc2ccc3c(cc2=O)C(NC(C)=O)CCc2cc(OC)c(OC)c(OC)c2-3)C(C)C)nc1C. The molecule has 3 N–H and O–H groups in total. The summed E-state index contributed by atoms with van der Waals surface area (Å²) < 4.78 is 22.2. The Kier molecular flexibility index (Phi) is 10.9. The molecule has 246 valence electrons. The number of fused-ring (bicyclic) bond motifs is 3. The molecule has 1 aromatic heterocycles. The van der Waals surface area contributed by atoms with Crippen LogP contribution in [0, 0.1) is 12.8 Å². The highest BCUT2D eigenvalue weighted by molar-refractivity contribution is 7.17. The molecule has 3 aromatic rings. The highest BCUT2D eigenvalue weighted by Gasteiger charge is 2.30. The first-order valence-corrected chi connectivity index (χ1v) is 15.7. The number of methoxy groups -OCH3 is 3. The van der Waals surface area contributed by atoms with E-state index in [1.807, 2.05) is 19.9 Å². The predicted molar refractivity (Wildman–Crippen MR) is 176 cm³/mol. The molecule has 13 heteroatoms. The molecule has 2 unspecified atom stereocenters. The molecule has 2 atom stereocenters. The van der Waals surface area contributed by atoms with Gasteiger partial charge < -0.3 is 34.9 Å². The number of nitrogens with one attached hydrogen (secondary N) is 3. The molecule has 0 radical (unpaired) electrons. The van der Waals surface area contributed by atoms with Gasteiger partial charge in [0.15, 0.2) is 16.6 Å². The van der Waals surface area contributed by atoms with Gasteiger partial charge in [0, 0.05) is 12.5 Å². The van der Waals surface area contributed by atoms with Crippen molar-refractivity contribution in [2.75, 3.05) is 38.6 Å². The second kappa shape index (κ2) is 14.6. The lowest BCUT2D eigenvalue weighted by molar-refractivity contribution is -0.120. The zero-order valence-electron chi connectivity index (χ0n) is 27.3. The summed E-state index contributed by atoms with van der Waals surface area (Å²) in [5.74, 6) is -0.0580. The van der Waals surface area contributed by atoms with Gasteiger partial charge in [0.2, 0.25) is 23.0 Å². The van der Waals surface area contributed by atoms with Gasteiger partial charge in [-0.05, 0) is 67.5 Å². The van der Waals surface area contributed by atoms with Gasteiger partial charge in [-0.1, -0.05) is 31.3 Å². The van der Waals surface area contributed by atoms with E-state index in [0.717, 1.165) is 22.5 Å². The first-order chi connectivity index (χ1) is 21.9. The molecule has 2 aromatic carbocycles. The average molecular weight is 653 g/mol. The summed E-state index contributed by atoms with van der Waals surface area (Å²) in [4.78, 5) is 56.4. The van der Waals surface area contributed by atoms with E-state index in [4.69, 9.17) is 18.9 Å². The molecule has 12 nitrogen and oxygen atoms in total. The maximum atomic E-state index is 13.8. The van der Waals surface area contributed by atoms with Crippen LogP contribution in [0.1, 0.15) is 66.7 Å². The first kappa shape index (κ1) is 34.2. The normalized spacial score (nSPS) is 14.2. The van der Waals surface area contributed by atoms with Gasteiger partial charge in [-0.2, -0.15) is 0 Å². The number of aryl methyl sites for hydroxylation is 2. The van der Waals surface area contributed by atoms with Crippen LogP contribution >= 0.6 is 11.3 Å². The third kappa shape index (κ3) is 7.09. The Balaban J connectivity index is 1.79. The number of amides is 2. The largest absolute Gasteiger partial charge is 0.493 e. The Morgan fingerprint density at radius 3 is 2.39 bits per heavy atom. The van der Waals surface area contributed by atoms with Gasteiger partial charge >= 0.3 is 5.97 Å². The molecule has 46 heavy (non-hydrogen) atoms. The number of carbonyl (C=O) groups excluding carboxylic acids is 3. The number of ether oxygens (including phenoxy) is 4. The van der Waals surface area contributed by atoms with Crippen molar-refractivity contribution >= 4 is 39.9 Å². The lowest BCUT2D eigenvalue weighted by Crippen LogP contribution is -2.39. The molecule has 0 fully saturated rings. The molecule has 2 amide bonds. The van der Waals surface area contributed by atoms with Crippen LogP contribution in [0.2, 0.25) is 0 Å². The number of rotatable bonds is 11. The topological polar surface area (TPSA) is 154 Å². The van der Waals surface area contributed by atoms with E-state index in [1.165, 1.54) is 27.2 Å². The van der Waals surface area contributed by atoms with Gasteiger partial charge in [-0.15, -0.1) is 0 Å².